The summed E-state index contributed by atoms with van der Waals surface area (Å²) in [7, 11) is 0. The Morgan fingerprint density at radius 3 is 2.69 bits per heavy atom. The van der Waals surface area contributed by atoms with Crippen LogP contribution in [0.5, 0.6) is 0 Å². The fourth-order valence-corrected chi connectivity index (χ4v) is 1.25. The quantitative estimate of drug-likeness (QED) is 0.723. The number of hydrogen-bond acceptors (Lipinski definition) is 2. The SMILES string of the molecule is CCCCCCc1cnc(N)[nH]1.Cl. The van der Waals surface area contributed by atoms with E-state index in [2.05, 4.69) is 16.9 Å². The molecule has 1 rings (SSSR count). The highest BCUT2D eigenvalue weighted by Crippen LogP contribution is 2.06. The van der Waals surface area contributed by atoms with E-state index in [1.807, 2.05) is 6.20 Å². The van der Waals surface area contributed by atoms with Crippen molar-refractivity contribution in [1.29, 1.82) is 0 Å². The van der Waals surface area contributed by atoms with Crippen molar-refractivity contribution < 1.29 is 0 Å². The molecular weight excluding hydrogens is 186 g/mol. The van der Waals surface area contributed by atoms with Crippen molar-refractivity contribution in [3.63, 3.8) is 0 Å². The minimum absolute atomic E-state index is 0. The number of aromatic amines is 1. The highest BCUT2D eigenvalue weighted by Gasteiger charge is 1.95. The normalized spacial score (nSPS) is 9.62. The third-order valence-corrected chi connectivity index (χ3v) is 1.95. The van der Waals surface area contributed by atoms with Crippen molar-refractivity contribution in [2.24, 2.45) is 0 Å². The van der Waals surface area contributed by atoms with Gasteiger partial charge < -0.3 is 10.7 Å². The van der Waals surface area contributed by atoms with Crippen LogP contribution in [-0.4, -0.2) is 9.97 Å². The van der Waals surface area contributed by atoms with Crippen LogP contribution in [-0.2, 0) is 6.42 Å². The Morgan fingerprint density at radius 2 is 2.15 bits per heavy atom. The van der Waals surface area contributed by atoms with Crippen LogP contribution in [0.15, 0.2) is 6.20 Å². The number of anilines is 1. The first-order valence-electron chi connectivity index (χ1n) is 4.62. The van der Waals surface area contributed by atoms with Crippen LogP contribution in [0, 0.1) is 0 Å². The Morgan fingerprint density at radius 1 is 1.38 bits per heavy atom. The van der Waals surface area contributed by atoms with Gasteiger partial charge in [0.2, 0.25) is 0 Å². The largest absolute Gasteiger partial charge is 0.369 e. The molecule has 0 aliphatic carbocycles. The van der Waals surface area contributed by atoms with Crippen LogP contribution in [0.1, 0.15) is 38.3 Å². The van der Waals surface area contributed by atoms with Gasteiger partial charge in [0.25, 0.3) is 0 Å². The summed E-state index contributed by atoms with van der Waals surface area (Å²) in [6, 6.07) is 0. The number of hydrogen-bond donors (Lipinski definition) is 2. The number of H-pyrrole nitrogens is 1. The minimum atomic E-state index is 0. The molecule has 0 aliphatic heterocycles. The lowest BCUT2D eigenvalue weighted by Gasteiger charge is -1.96. The van der Waals surface area contributed by atoms with Crippen molar-refractivity contribution in [1.82, 2.24) is 9.97 Å². The molecule has 0 spiro atoms. The van der Waals surface area contributed by atoms with Gasteiger partial charge in [-0.1, -0.05) is 26.2 Å². The summed E-state index contributed by atoms with van der Waals surface area (Å²) in [5.74, 6) is 0.528. The molecule has 1 heterocycles. The van der Waals surface area contributed by atoms with Gasteiger partial charge in [0.15, 0.2) is 5.95 Å². The van der Waals surface area contributed by atoms with Gasteiger partial charge in [0.05, 0.1) is 6.20 Å². The van der Waals surface area contributed by atoms with Crippen LogP contribution in [0.25, 0.3) is 0 Å². The molecule has 76 valence electrons. The maximum Gasteiger partial charge on any atom is 0.197 e. The zero-order valence-corrected chi connectivity index (χ0v) is 8.86. The number of unbranched alkanes of at least 4 members (excludes halogenated alkanes) is 3. The van der Waals surface area contributed by atoms with Gasteiger partial charge in [-0.2, -0.15) is 0 Å². The van der Waals surface area contributed by atoms with Crippen LogP contribution in [0.3, 0.4) is 0 Å². The molecule has 13 heavy (non-hydrogen) atoms. The lowest BCUT2D eigenvalue weighted by atomic mass is 10.1. The molecule has 0 atom stereocenters. The van der Waals surface area contributed by atoms with E-state index in [0.717, 1.165) is 12.1 Å². The molecule has 0 amide bonds. The second-order valence-corrected chi connectivity index (χ2v) is 3.10. The zero-order chi connectivity index (χ0) is 8.81. The summed E-state index contributed by atoms with van der Waals surface area (Å²) in [6.45, 7) is 2.22. The number of nitrogens with one attached hydrogen (secondary N) is 1. The van der Waals surface area contributed by atoms with E-state index in [-0.39, 0.29) is 12.4 Å². The molecule has 0 radical (unpaired) electrons. The van der Waals surface area contributed by atoms with E-state index in [4.69, 9.17) is 5.73 Å². The first-order chi connectivity index (χ1) is 5.83. The zero-order valence-electron chi connectivity index (χ0n) is 8.05. The van der Waals surface area contributed by atoms with E-state index < -0.39 is 0 Å². The van der Waals surface area contributed by atoms with E-state index in [0.29, 0.717) is 5.95 Å². The summed E-state index contributed by atoms with van der Waals surface area (Å²) in [4.78, 5) is 6.96. The van der Waals surface area contributed by atoms with Crippen molar-refractivity contribution in [3.05, 3.63) is 11.9 Å². The third kappa shape index (κ3) is 4.78. The van der Waals surface area contributed by atoms with E-state index >= 15 is 0 Å². The van der Waals surface area contributed by atoms with Gasteiger partial charge >= 0.3 is 0 Å². The number of imidazole rings is 1. The molecule has 3 N–H and O–H groups in total. The molecule has 0 saturated heterocycles. The van der Waals surface area contributed by atoms with E-state index in [1.165, 1.54) is 25.7 Å². The number of aromatic nitrogens is 2. The Balaban J connectivity index is 0.00000144. The number of nitrogens with two attached hydrogens (primary N) is 1. The topological polar surface area (TPSA) is 54.7 Å². The molecule has 1 aromatic rings. The number of aryl methyl sites for hydroxylation is 1. The predicted molar refractivity (Wildman–Crippen MR) is 58.1 cm³/mol. The first kappa shape index (κ1) is 12.3. The second-order valence-electron chi connectivity index (χ2n) is 3.10. The molecule has 0 bridgehead atoms. The van der Waals surface area contributed by atoms with Crippen molar-refractivity contribution in [2.75, 3.05) is 5.73 Å². The van der Waals surface area contributed by atoms with Gasteiger partial charge in [-0.15, -0.1) is 12.4 Å². The monoisotopic (exact) mass is 203 g/mol. The third-order valence-electron chi connectivity index (χ3n) is 1.95. The van der Waals surface area contributed by atoms with E-state index in [9.17, 15) is 0 Å². The summed E-state index contributed by atoms with van der Waals surface area (Å²) >= 11 is 0. The summed E-state index contributed by atoms with van der Waals surface area (Å²) in [6.07, 6.45) is 8.03. The number of nitrogens with zero attached hydrogens (tertiary/aromatic N) is 1. The Kier molecular flexibility index (Phi) is 6.41. The second kappa shape index (κ2) is 6.78. The lowest BCUT2D eigenvalue weighted by molar-refractivity contribution is 0.662. The molecule has 0 aliphatic rings. The van der Waals surface area contributed by atoms with Crippen LogP contribution >= 0.6 is 12.4 Å². The molecule has 0 saturated carbocycles. The van der Waals surface area contributed by atoms with Gasteiger partial charge in [-0.3, -0.25) is 0 Å². The number of nitrogen functional groups attached to an aromatic ring is 1. The van der Waals surface area contributed by atoms with Gasteiger partial charge in [-0.05, 0) is 12.8 Å². The van der Waals surface area contributed by atoms with Gasteiger partial charge in [0.1, 0.15) is 0 Å². The molecule has 0 unspecified atom stereocenters. The Labute approximate surface area is 85.5 Å². The Bertz CT molecular complexity index is 222. The van der Waals surface area contributed by atoms with E-state index in [1.54, 1.807) is 0 Å². The van der Waals surface area contributed by atoms with Gasteiger partial charge in [0, 0.05) is 5.69 Å². The average Bonchev–Trinajstić information content (AvgIpc) is 2.45. The fraction of sp³-hybridized carbons (Fsp3) is 0.667. The molecule has 4 heteroatoms. The molecular formula is C9H18ClN3. The van der Waals surface area contributed by atoms with Crippen molar-refractivity contribution in [3.8, 4) is 0 Å². The highest BCUT2D eigenvalue weighted by molar-refractivity contribution is 5.85. The lowest BCUT2D eigenvalue weighted by Crippen LogP contribution is -1.88. The van der Waals surface area contributed by atoms with Crippen molar-refractivity contribution >= 4 is 18.4 Å². The molecule has 3 nitrogen and oxygen atoms in total. The summed E-state index contributed by atoms with van der Waals surface area (Å²) in [5, 5.41) is 0. The maximum atomic E-state index is 5.44. The van der Waals surface area contributed by atoms with Crippen LogP contribution in [0.4, 0.5) is 5.95 Å². The minimum Gasteiger partial charge on any atom is -0.369 e. The highest BCUT2D eigenvalue weighted by atomic mass is 35.5. The smallest absolute Gasteiger partial charge is 0.197 e. The first-order valence-corrected chi connectivity index (χ1v) is 4.62. The molecule has 0 aromatic carbocycles. The standard InChI is InChI=1S/C9H17N3.ClH/c1-2-3-4-5-6-8-7-11-9(10)12-8;/h7H,2-6H2,1H3,(H3,10,11,12);1H. The van der Waals surface area contributed by atoms with Crippen molar-refractivity contribution in [2.45, 2.75) is 39.0 Å². The summed E-state index contributed by atoms with van der Waals surface area (Å²) in [5.41, 5.74) is 6.60. The van der Waals surface area contributed by atoms with Gasteiger partial charge in [-0.25, -0.2) is 4.98 Å². The average molecular weight is 204 g/mol. The summed E-state index contributed by atoms with van der Waals surface area (Å²) < 4.78 is 0. The maximum absolute atomic E-state index is 5.44. The van der Waals surface area contributed by atoms with Crippen LogP contribution in [0.2, 0.25) is 0 Å². The molecule has 1 aromatic heterocycles. The Hall–Kier alpha value is -0.700. The number of rotatable bonds is 5. The fourth-order valence-electron chi connectivity index (χ4n) is 1.25. The van der Waals surface area contributed by atoms with Crippen LogP contribution < -0.4 is 5.73 Å². The predicted octanol–water partition coefficient (Wildman–Crippen LogP) is 2.54. The number of halogens is 1. The molecule has 0 fully saturated rings.